The Morgan fingerprint density at radius 2 is 0.833 bits per heavy atom. The Morgan fingerprint density at radius 1 is 0.319 bits per heavy atom. The summed E-state index contributed by atoms with van der Waals surface area (Å²) in [6, 6.07) is 98.0. The summed E-state index contributed by atoms with van der Waals surface area (Å²) in [5.41, 5.74) is 26.2. The molecule has 3 aliphatic carbocycles. The van der Waals surface area contributed by atoms with Gasteiger partial charge in [0.1, 0.15) is 11.2 Å². The highest BCUT2D eigenvalue weighted by Crippen LogP contribution is 2.63. The molecule has 12 aromatic rings. The molecule has 0 aliphatic heterocycles. The van der Waals surface area contributed by atoms with Crippen molar-refractivity contribution in [2.75, 3.05) is 0 Å². The Hall–Kier alpha value is -8.78. The SMILES string of the molecule is c1ccc(C2(c3ccccc3)c3ccccc3-c3c(CCC(c4cccc(-c5ccc6oc7ccccc7c6c5)c4)c4ccc5c(c4)C4(c6ccccc6-c6ccccc64)c4ccccc4-5)cccc32)cc1. The molecule has 0 radical (unpaired) electrons. The third-order valence-electron chi connectivity index (χ3n) is 16.7. The van der Waals surface area contributed by atoms with Crippen molar-refractivity contribution >= 4 is 21.9 Å². The highest BCUT2D eigenvalue weighted by Gasteiger charge is 2.52. The van der Waals surface area contributed by atoms with Crippen LogP contribution in [0.15, 0.2) is 265 Å². The van der Waals surface area contributed by atoms with Gasteiger partial charge in [-0.3, -0.25) is 0 Å². The van der Waals surface area contributed by atoms with Gasteiger partial charge < -0.3 is 4.42 Å². The molecule has 0 N–H and O–H groups in total. The second-order valence-electron chi connectivity index (χ2n) is 20.1. The molecule has 72 heavy (non-hydrogen) atoms. The van der Waals surface area contributed by atoms with E-state index in [9.17, 15) is 0 Å². The van der Waals surface area contributed by atoms with Crippen molar-refractivity contribution < 1.29 is 4.42 Å². The maximum atomic E-state index is 6.30. The highest BCUT2D eigenvalue weighted by molar-refractivity contribution is 6.06. The van der Waals surface area contributed by atoms with Gasteiger partial charge in [-0.25, -0.2) is 0 Å². The summed E-state index contributed by atoms with van der Waals surface area (Å²) in [5.74, 6) is 0.0851. The standard InChI is InChI=1S/C71H48O/c1-3-22-51(23-4-1)70(52-24-5-2-6-25-52)64-34-15-10-30-59(64)69-46(19-18-35-65(69)70)37-40-53(49-21-17-20-47(43-49)48-39-42-68-60(44-48)58-29-11-16-36-67(58)72-68)50-38-41-57-56-28-9-14-33-63(56)71(66(57)45-50)61-31-12-7-26-54(61)55-27-8-13-32-62(55)71/h1-36,38-39,41-45,53H,37,40H2. The largest absolute Gasteiger partial charge is 0.456 e. The van der Waals surface area contributed by atoms with E-state index in [1.165, 1.54) is 106 Å². The molecule has 1 heterocycles. The fraction of sp³-hybridized carbons (Fsp3) is 0.0704. The Kier molecular flexibility index (Phi) is 9.05. The number of rotatable bonds is 8. The smallest absolute Gasteiger partial charge is 0.135 e. The van der Waals surface area contributed by atoms with Gasteiger partial charge in [-0.1, -0.05) is 243 Å². The predicted octanol–water partition coefficient (Wildman–Crippen LogP) is 17.7. The first kappa shape index (κ1) is 41.0. The minimum absolute atomic E-state index is 0.0851. The molecule has 1 unspecified atom stereocenters. The van der Waals surface area contributed by atoms with E-state index < -0.39 is 10.8 Å². The lowest BCUT2D eigenvalue weighted by Gasteiger charge is -2.34. The lowest BCUT2D eigenvalue weighted by atomic mass is 9.67. The summed E-state index contributed by atoms with van der Waals surface area (Å²) in [4.78, 5) is 0. The molecule has 0 bridgehead atoms. The van der Waals surface area contributed by atoms with Crippen molar-refractivity contribution in [1.29, 1.82) is 0 Å². The van der Waals surface area contributed by atoms with Crippen molar-refractivity contribution in [3.8, 4) is 44.5 Å². The zero-order valence-corrected chi connectivity index (χ0v) is 39.7. The third kappa shape index (κ3) is 5.71. The van der Waals surface area contributed by atoms with Crippen molar-refractivity contribution in [1.82, 2.24) is 0 Å². The van der Waals surface area contributed by atoms with Crippen LogP contribution in [0.4, 0.5) is 0 Å². The van der Waals surface area contributed by atoms with Crippen LogP contribution in [-0.2, 0) is 17.3 Å². The number of benzene rings is 11. The van der Waals surface area contributed by atoms with Gasteiger partial charge in [-0.05, 0) is 137 Å². The third-order valence-corrected chi connectivity index (χ3v) is 16.7. The molecule has 1 atom stereocenters. The number of fused-ring (bicyclic) bond motifs is 16. The molecule has 0 amide bonds. The first-order valence-electron chi connectivity index (χ1n) is 25.5. The summed E-state index contributed by atoms with van der Waals surface area (Å²) < 4.78 is 6.30. The molecule has 1 heteroatoms. The maximum Gasteiger partial charge on any atom is 0.135 e. The number of aryl methyl sites for hydroxylation is 1. The molecule has 0 saturated carbocycles. The Balaban J connectivity index is 0.918. The summed E-state index contributed by atoms with van der Waals surface area (Å²) in [5, 5.41) is 2.29. The van der Waals surface area contributed by atoms with Gasteiger partial charge in [0.2, 0.25) is 0 Å². The Labute approximate surface area is 420 Å². The molecule has 0 saturated heterocycles. The minimum Gasteiger partial charge on any atom is -0.456 e. The number of hydrogen-bond donors (Lipinski definition) is 0. The molecule has 3 aliphatic rings. The fourth-order valence-corrected chi connectivity index (χ4v) is 13.8. The molecule has 1 aromatic heterocycles. The summed E-state index contributed by atoms with van der Waals surface area (Å²) in [6.07, 6.45) is 1.82. The monoisotopic (exact) mass is 916 g/mol. The molecular weight excluding hydrogens is 869 g/mol. The van der Waals surface area contributed by atoms with Crippen LogP contribution in [0.5, 0.6) is 0 Å². The van der Waals surface area contributed by atoms with Gasteiger partial charge in [-0.2, -0.15) is 0 Å². The second-order valence-corrected chi connectivity index (χ2v) is 20.1. The number of hydrogen-bond acceptors (Lipinski definition) is 1. The van der Waals surface area contributed by atoms with Crippen LogP contribution >= 0.6 is 0 Å². The molecule has 1 spiro atoms. The van der Waals surface area contributed by atoms with Crippen LogP contribution in [-0.4, -0.2) is 0 Å². The van der Waals surface area contributed by atoms with Crippen molar-refractivity contribution in [3.63, 3.8) is 0 Å². The predicted molar refractivity (Wildman–Crippen MR) is 296 cm³/mol. The number of para-hydroxylation sites is 1. The minimum atomic E-state index is -0.448. The van der Waals surface area contributed by atoms with E-state index in [1.807, 2.05) is 6.07 Å². The normalized spacial score (nSPS) is 14.4. The van der Waals surface area contributed by atoms with Crippen LogP contribution in [0, 0.1) is 0 Å². The lowest BCUT2D eigenvalue weighted by Crippen LogP contribution is -2.28. The Morgan fingerprint density at radius 3 is 1.51 bits per heavy atom. The summed E-state index contributed by atoms with van der Waals surface area (Å²) >= 11 is 0. The van der Waals surface area contributed by atoms with Crippen LogP contribution in [0.25, 0.3) is 66.4 Å². The van der Waals surface area contributed by atoms with Gasteiger partial charge in [0.05, 0.1) is 10.8 Å². The molecule has 338 valence electrons. The molecule has 15 rings (SSSR count). The van der Waals surface area contributed by atoms with E-state index in [2.05, 4.69) is 255 Å². The first-order chi connectivity index (χ1) is 35.7. The zero-order valence-electron chi connectivity index (χ0n) is 39.7. The van der Waals surface area contributed by atoms with Crippen molar-refractivity contribution in [2.45, 2.75) is 29.6 Å². The number of furan rings is 1. The van der Waals surface area contributed by atoms with Gasteiger partial charge in [-0.15, -0.1) is 0 Å². The van der Waals surface area contributed by atoms with E-state index >= 15 is 0 Å². The van der Waals surface area contributed by atoms with Crippen LogP contribution in [0.1, 0.15) is 73.5 Å². The van der Waals surface area contributed by atoms with Crippen LogP contribution in [0.3, 0.4) is 0 Å². The van der Waals surface area contributed by atoms with Crippen molar-refractivity contribution in [2.24, 2.45) is 0 Å². The average Bonchev–Trinajstić information content (AvgIpc) is 4.16. The fourth-order valence-electron chi connectivity index (χ4n) is 13.8. The molecule has 0 fully saturated rings. The molecular formula is C71H48O. The first-order valence-corrected chi connectivity index (χ1v) is 25.5. The average molecular weight is 917 g/mol. The topological polar surface area (TPSA) is 13.1 Å². The highest BCUT2D eigenvalue weighted by atomic mass is 16.3. The van der Waals surface area contributed by atoms with E-state index in [1.54, 1.807) is 0 Å². The van der Waals surface area contributed by atoms with Crippen LogP contribution in [0.2, 0.25) is 0 Å². The van der Waals surface area contributed by atoms with E-state index in [-0.39, 0.29) is 5.92 Å². The summed E-state index contributed by atoms with van der Waals surface area (Å²) in [7, 11) is 0. The van der Waals surface area contributed by atoms with E-state index in [0.29, 0.717) is 0 Å². The lowest BCUT2D eigenvalue weighted by molar-refractivity contribution is 0.669. The zero-order chi connectivity index (χ0) is 47.4. The molecule has 11 aromatic carbocycles. The molecule has 1 nitrogen and oxygen atoms in total. The van der Waals surface area contributed by atoms with E-state index in [4.69, 9.17) is 4.42 Å². The van der Waals surface area contributed by atoms with Crippen LogP contribution < -0.4 is 0 Å². The quantitative estimate of drug-likeness (QED) is 0.148. The maximum absolute atomic E-state index is 6.30. The Bertz CT molecular complexity index is 4010. The summed E-state index contributed by atoms with van der Waals surface area (Å²) in [6.45, 7) is 0. The second kappa shape index (κ2) is 15.9. The van der Waals surface area contributed by atoms with Crippen molar-refractivity contribution in [3.05, 3.63) is 322 Å². The van der Waals surface area contributed by atoms with Gasteiger partial charge in [0.15, 0.2) is 0 Å². The van der Waals surface area contributed by atoms with E-state index in [0.717, 1.165) is 34.8 Å². The van der Waals surface area contributed by atoms with Gasteiger partial charge in [0, 0.05) is 16.7 Å². The van der Waals surface area contributed by atoms with Gasteiger partial charge >= 0.3 is 0 Å². The van der Waals surface area contributed by atoms with Gasteiger partial charge in [0.25, 0.3) is 0 Å².